The maximum absolute atomic E-state index is 6.34. The zero-order chi connectivity index (χ0) is 15.4. The van der Waals surface area contributed by atoms with Gasteiger partial charge in [0.25, 0.3) is 0 Å². The fourth-order valence-electron chi connectivity index (χ4n) is 2.23. The summed E-state index contributed by atoms with van der Waals surface area (Å²) in [5.74, 6) is 1.60. The van der Waals surface area contributed by atoms with Gasteiger partial charge in [-0.05, 0) is 49.6 Å². The van der Waals surface area contributed by atoms with Crippen LogP contribution in [0.4, 0.5) is 0 Å². The van der Waals surface area contributed by atoms with E-state index < -0.39 is 0 Å². The molecule has 0 spiro atoms. The molecule has 0 fully saturated rings. The van der Waals surface area contributed by atoms with E-state index in [1.54, 1.807) is 19.5 Å². The van der Waals surface area contributed by atoms with Gasteiger partial charge in [-0.15, -0.1) is 0 Å². The monoisotopic (exact) mass is 286 g/mol. The highest BCUT2D eigenvalue weighted by Crippen LogP contribution is 2.26. The first-order chi connectivity index (χ1) is 10.0. The van der Waals surface area contributed by atoms with E-state index in [1.807, 2.05) is 45.0 Å². The van der Waals surface area contributed by atoms with Crippen molar-refractivity contribution < 1.29 is 9.47 Å². The Morgan fingerprint density at radius 2 is 1.86 bits per heavy atom. The third-order valence-corrected chi connectivity index (χ3v) is 3.24. The molecule has 1 unspecified atom stereocenters. The van der Waals surface area contributed by atoms with Crippen LogP contribution >= 0.6 is 0 Å². The molecule has 2 N–H and O–H groups in total. The fourth-order valence-corrected chi connectivity index (χ4v) is 2.23. The maximum Gasteiger partial charge on any atom is 0.138 e. The third-order valence-electron chi connectivity index (χ3n) is 3.24. The van der Waals surface area contributed by atoms with Gasteiger partial charge >= 0.3 is 0 Å². The predicted molar refractivity (Wildman–Crippen MR) is 83.8 cm³/mol. The first kappa shape index (κ1) is 15.3. The molecule has 0 bridgehead atoms. The number of nitrogens with two attached hydrogens (primary N) is 1. The molecule has 2 rings (SSSR count). The van der Waals surface area contributed by atoms with Gasteiger partial charge in [0.1, 0.15) is 11.5 Å². The average molecular weight is 286 g/mol. The lowest BCUT2D eigenvalue weighted by atomic mass is 9.99. The highest BCUT2D eigenvalue weighted by Gasteiger charge is 2.12. The Balaban J connectivity index is 2.27. The van der Waals surface area contributed by atoms with E-state index >= 15 is 0 Å². The summed E-state index contributed by atoms with van der Waals surface area (Å²) in [6.45, 7) is 5.98. The number of aryl methyl sites for hydroxylation is 1. The number of benzene rings is 1. The lowest BCUT2D eigenvalue weighted by Crippen LogP contribution is -2.13. The molecule has 21 heavy (non-hydrogen) atoms. The second kappa shape index (κ2) is 6.59. The van der Waals surface area contributed by atoms with Crippen molar-refractivity contribution in [1.29, 1.82) is 0 Å². The number of hydrogen-bond donors (Lipinski definition) is 1. The molecule has 0 saturated heterocycles. The van der Waals surface area contributed by atoms with E-state index in [1.165, 1.54) is 0 Å². The van der Waals surface area contributed by atoms with E-state index in [4.69, 9.17) is 15.2 Å². The van der Waals surface area contributed by atoms with Crippen LogP contribution in [0.1, 0.15) is 36.6 Å². The molecule has 0 aliphatic heterocycles. The zero-order valence-corrected chi connectivity index (χ0v) is 13.0. The fraction of sp³-hybridized carbons (Fsp3) is 0.353. The summed E-state index contributed by atoms with van der Waals surface area (Å²) in [6, 6.07) is 7.66. The average Bonchev–Trinajstić information content (AvgIpc) is 2.46. The number of ether oxygens (including phenoxy) is 2. The lowest BCUT2D eigenvalue weighted by Gasteiger charge is -2.16. The topological polar surface area (TPSA) is 57.4 Å². The molecule has 0 amide bonds. The van der Waals surface area contributed by atoms with Gasteiger partial charge in [-0.1, -0.05) is 12.1 Å². The minimum Gasteiger partial charge on any atom is -0.496 e. The molecule has 1 heterocycles. The summed E-state index contributed by atoms with van der Waals surface area (Å²) in [4.78, 5) is 4.21. The lowest BCUT2D eigenvalue weighted by molar-refractivity contribution is 0.241. The van der Waals surface area contributed by atoms with Crippen molar-refractivity contribution in [3.63, 3.8) is 0 Å². The number of pyridine rings is 1. The number of methoxy groups -OCH3 is 1. The van der Waals surface area contributed by atoms with Crippen molar-refractivity contribution in [3.05, 3.63) is 53.3 Å². The largest absolute Gasteiger partial charge is 0.496 e. The van der Waals surface area contributed by atoms with E-state index in [0.29, 0.717) is 0 Å². The van der Waals surface area contributed by atoms with E-state index in [2.05, 4.69) is 4.98 Å². The zero-order valence-electron chi connectivity index (χ0n) is 13.0. The molecule has 0 aliphatic rings. The molecule has 1 atom stereocenters. The smallest absolute Gasteiger partial charge is 0.138 e. The Labute approximate surface area is 125 Å². The Kier molecular flexibility index (Phi) is 4.81. The number of rotatable bonds is 5. The Morgan fingerprint density at radius 3 is 2.48 bits per heavy atom. The summed E-state index contributed by atoms with van der Waals surface area (Å²) in [5.41, 5.74) is 9.36. The summed E-state index contributed by atoms with van der Waals surface area (Å²) >= 11 is 0. The molecular weight excluding hydrogens is 264 g/mol. The van der Waals surface area contributed by atoms with Gasteiger partial charge < -0.3 is 15.2 Å². The van der Waals surface area contributed by atoms with Gasteiger partial charge in [-0.3, -0.25) is 4.98 Å². The van der Waals surface area contributed by atoms with Crippen LogP contribution in [0.5, 0.6) is 11.5 Å². The summed E-state index contributed by atoms with van der Waals surface area (Å²) < 4.78 is 10.9. The van der Waals surface area contributed by atoms with Gasteiger partial charge in [-0.25, -0.2) is 0 Å². The minimum absolute atomic E-state index is 0.113. The van der Waals surface area contributed by atoms with Crippen LogP contribution in [-0.4, -0.2) is 18.2 Å². The summed E-state index contributed by atoms with van der Waals surface area (Å²) in [6.07, 6.45) is 3.59. The van der Waals surface area contributed by atoms with Crippen LogP contribution in [-0.2, 0) is 0 Å². The van der Waals surface area contributed by atoms with E-state index in [-0.39, 0.29) is 12.1 Å². The molecule has 1 aromatic carbocycles. The molecule has 4 heteroatoms. The van der Waals surface area contributed by atoms with Gasteiger partial charge in [-0.2, -0.15) is 0 Å². The minimum atomic E-state index is -0.238. The van der Waals surface area contributed by atoms with E-state index in [0.717, 1.165) is 28.2 Å². The normalized spacial score (nSPS) is 12.3. The van der Waals surface area contributed by atoms with E-state index in [9.17, 15) is 0 Å². The first-order valence-corrected chi connectivity index (χ1v) is 7.03. The Morgan fingerprint density at radius 1 is 1.10 bits per heavy atom. The summed E-state index contributed by atoms with van der Waals surface area (Å²) in [7, 11) is 1.67. The van der Waals surface area contributed by atoms with Crippen molar-refractivity contribution in [2.45, 2.75) is 32.9 Å². The molecule has 1 aromatic heterocycles. The molecular formula is C17H22N2O2. The van der Waals surface area contributed by atoms with Crippen LogP contribution in [0, 0.1) is 6.92 Å². The summed E-state index contributed by atoms with van der Waals surface area (Å²) in [5, 5.41) is 0. The van der Waals surface area contributed by atoms with Crippen molar-refractivity contribution in [2.24, 2.45) is 5.73 Å². The molecule has 0 aliphatic carbocycles. The standard InChI is InChI=1S/C17H22N2O2/c1-11(2)21-15-8-14(9-19-10-15)17(18)13-5-6-16(20-4)12(3)7-13/h5-11,17H,18H2,1-4H3. The highest BCUT2D eigenvalue weighted by molar-refractivity contribution is 5.41. The van der Waals surface area contributed by atoms with Crippen molar-refractivity contribution in [1.82, 2.24) is 4.98 Å². The van der Waals surface area contributed by atoms with Crippen molar-refractivity contribution in [3.8, 4) is 11.5 Å². The van der Waals surface area contributed by atoms with Crippen molar-refractivity contribution >= 4 is 0 Å². The number of nitrogens with zero attached hydrogens (tertiary/aromatic N) is 1. The van der Waals surface area contributed by atoms with Gasteiger partial charge in [0.2, 0.25) is 0 Å². The maximum atomic E-state index is 6.34. The van der Waals surface area contributed by atoms with Crippen molar-refractivity contribution in [2.75, 3.05) is 7.11 Å². The first-order valence-electron chi connectivity index (χ1n) is 7.03. The predicted octanol–water partition coefficient (Wildman–Crippen LogP) is 3.23. The Bertz CT molecular complexity index is 611. The molecule has 2 aromatic rings. The third kappa shape index (κ3) is 3.73. The van der Waals surface area contributed by atoms with Crippen LogP contribution in [0.3, 0.4) is 0 Å². The quantitative estimate of drug-likeness (QED) is 0.916. The van der Waals surface area contributed by atoms with Gasteiger partial charge in [0, 0.05) is 6.20 Å². The molecule has 0 saturated carbocycles. The number of aromatic nitrogens is 1. The van der Waals surface area contributed by atoms with Crippen LogP contribution in [0.25, 0.3) is 0 Å². The van der Waals surface area contributed by atoms with Gasteiger partial charge in [0.05, 0.1) is 25.5 Å². The highest BCUT2D eigenvalue weighted by atomic mass is 16.5. The second-order valence-electron chi connectivity index (χ2n) is 5.33. The van der Waals surface area contributed by atoms with Crippen LogP contribution < -0.4 is 15.2 Å². The molecule has 4 nitrogen and oxygen atoms in total. The van der Waals surface area contributed by atoms with Crippen LogP contribution in [0.2, 0.25) is 0 Å². The second-order valence-corrected chi connectivity index (χ2v) is 5.33. The number of hydrogen-bond acceptors (Lipinski definition) is 4. The molecule has 0 radical (unpaired) electrons. The van der Waals surface area contributed by atoms with Crippen LogP contribution in [0.15, 0.2) is 36.7 Å². The molecule has 112 valence electrons. The SMILES string of the molecule is COc1ccc(C(N)c2cncc(OC(C)C)c2)cc1C. The van der Waals surface area contributed by atoms with Gasteiger partial charge in [0.15, 0.2) is 0 Å². The Hall–Kier alpha value is -2.07.